The third kappa shape index (κ3) is 7.09. The summed E-state index contributed by atoms with van der Waals surface area (Å²) in [7, 11) is 1.61. The van der Waals surface area contributed by atoms with Crippen molar-refractivity contribution in [2.45, 2.75) is 45.3 Å². The van der Waals surface area contributed by atoms with Crippen molar-refractivity contribution >= 4 is 28.8 Å². The normalized spacial score (nSPS) is 15.8. The fraction of sp³-hybridized carbons (Fsp3) is 0.303. The number of carbonyl (C=O) groups is 2. The summed E-state index contributed by atoms with van der Waals surface area (Å²) < 4.78 is 11.3. The van der Waals surface area contributed by atoms with Crippen molar-refractivity contribution in [3.05, 3.63) is 95.7 Å². The predicted octanol–water partition coefficient (Wildman–Crippen LogP) is 4.70. The maximum Gasteiger partial charge on any atom is 0.258 e. The number of nitrogens with zero attached hydrogens (tertiary/aromatic N) is 3. The van der Waals surface area contributed by atoms with Crippen LogP contribution in [0.15, 0.2) is 84.1 Å². The van der Waals surface area contributed by atoms with Gasteiger partial charge in [-0.05, 0) is 48.7 Å². The Kier molecular flexibility index (Phi) is 9.06. The molecule has 0 spiro atoms. The minimum absolute atomic E-state index is 0.0978. The SMILES string of the molecule is COc1ccccc1CN(CC(CC1=C[N]c2ccccc21)NC(=O)COc1ccc(C2CC(C)=NN2)cc1)C(C)=O. The van der Waals surface area contributed by atoms with Gasteiger partial charge in [0.15, 0.2) is 6.61 Å². The smallest absolute Gasteiger partial charge is 0.258 e. The number of ether oxygens (including phenoxy) is 2. The number of amides is 2. The lowest BCUT2D eigenvalue weighted by Crippen LogP contribution is -2.46. The van der Waals surface area contributed by atoms with Gasteiger partial charge in [-0.1, -0.05) is 48.5 Å². The van der Waals surface area contributed by atoms with Crippen LogP contribution in [0, 0.1) is 0 Å². The quantitative estimate of drug-likeness (QED) is 0.331. The Bertz CT molecular complexity index is 1480. The third-order valence-electron chi connectivity index (χ3n) is 7.44. The molecule has 0 bridgehead atoms. The van der Waals surface area contributed by atoms with Gasteiger partial charge in [0.05, 0.1) is 24.9 Å². The summed E-state index contributed by atoms with van der Waals surface area (Å²) >= 11 is 0. The van der Waals surface area contributed by atoms with Crippen LogP contribution in [0.3, 0.4) is 0 Å². The van der Waals surface area contributed by atoms with E-state index in [0.717, 1.165) is 40.1 Å². The van der Waals surface area contributed by atoms with E-state index < -0.39 is 0 Å². The predicted molar refractivity (Wildman–Crippen MR) is 162 cm³/mol. The molecule has 3 aromatic rings. The van der Waals surface area contributed by atoms with Crippen LogP contribution in [0.5, 0.6) is 11.5 Å². The topological polar surface area (TPSA) is 106 Å². The number of methoxy groups -OCH3 is 1. The number of fused-ring (bicyclic) bond motifs is 1. The highest BCUT2D eigenvalue weighted by Crippen LogP contribution is 2.33. The lowest BCUT2D eigenvalue weighted by atomic mass is 9.99. The highest BCUT2D eigenvalue weighted by Gasteiger charge is 2.24. The summed E-state index contributed by atoms with van der Waals surface area (Å²) in [6.07, 6.45) is 3.21. The number of hydrogen-bond acceptors (Lipinski definition) is 6. The second-order valence-electron chi connectivity index (χ2n) is 10.6. The number of rotatable bonds is 12. The number of nitrogens with one attached hydrogen (secondary N) is 2. The first kappa shape index (κ1) is 28.7. The summed E-state index contributed by atoms with van der Waals surface area (Å²) in [5.41, 5.74) is 9.15. The molecule has 5 rings (SSSR count). The maximum atomic E-state index is 13.1. The molecule has 2 N–H and O–H groups in total. The highest BCUT2D eigenvalue weighted by molar-refractivity contribution is 5.84. The Balaban J connectivity index is 1.26. The van der Waals surface area contributed by atoms with E-state index in [-0.39, 0.29) is 30.5 Å². The van der Waals surface area contributed by atoms with Gasteiger partial charge >= 0.3 is 0 Å². The van der Waals surface area contributed by atoms with Gasteiger partial charge < -0.3 is 25.1 Å². The largest absolute Gasteiger partial charge is 0.496 e. The van der Waals surface area contributed by atoms with Crippen molar-refractivity contribution in [3.63, 3.8) is 0 Å². The molecular formula is C33H36N5O4. The highest BCUT2D eigenvalue weighted by atomic mass is 16.5. The first-order valence-electron chi connectivity index (χ1n) is 14.1. The van der Waals surface area contributed by atoms with E-state index in [4.69, 9.17) is 9.47 Å². The van der Waals surface area contributed by atoms with Crippen LogP contribution in [0.4, 0.5) is 5.69 Å². The Labute approximate surface area is 246 Å². The fourth-order valence-corrected chi connectivity index (χ4v) is 5.26. The zero-order valence-corrected chi connectivity index (χ0v) is 24.2. The minimum atomic E-state index is -0.369. The molecule has 0 saturated carbocycles. The Hall–Kier alpha value is -4.79. The number of hydrazone groups is 1. The number of hydrogen-bond donors (Lipinski definition) is 2. The van der Waals surface area contributed by atoms with Crippen LogP contribution in [0.2, 0.25) is 0 Å². The van der Waals surface area contributed by atoms with Gasteiger partial charge in [-0.15, -0.1) is 0 Å². The van der Waals surface area contributed by atoms with Gasteiger partial charge in [-0.3, -0.25) is 14.9 Å². The summed E-state index contributed by atoms with van der Waals surface area (Å²) in [5, 5.41) is 11.9. The average molecular weight is 567 g/mol. The molecule has 0 aromatic heterocycles. The van der Waals surface area contributed by atoms with Gasteiger partial charge in [0.1, 0.15) is 11.5 Å². The van der Waals surface area contributed by atoms with Crippen LogP contribution in [-0.2, 0) is 16.1 Å². The lowest BCUT2D eigenvalue weighted by molar-refractivity contribution is -0.131. The van der Waals surface area contributed by atoms with Crippen molar-refractivity contribution in [1.82, 2.24) is 21.0 Å². The van der Waals surface area contributed by atoms with E-state index in [9.17, 15) is 9.59 Å². The zero-order valence-electron chi connectivity index (χ0n) is 24.2. The number of benzene rings is 3. The second-order valence-corrected chi connectivity index (χ2v) is 10.6. The summed E-state index contributed by atoms with van der Waals surface area (Å²) in [5.74, 6) is 0.949. The molecule has 0 fully saturated rings. The van der Waals surface area contributed by atoms with Crippen molar-refractivity contribution in [2.75, 3.05) is 20.3 Å². The fourth-order valence-electron chi connectivity index (χ4n) is 5.26. The average Bonchev–Trinajstić information content (AvgIpc) is 3.62. The van der Waals surface area contributed by atoms with Crippen LogP contribution in [0.25, 0.3) is 5.57 Å². The first-order chi connectivity index (χ1) is 20.4. The molecule has 3 aromatic carbocycles. The van der Waals surface area contributed by atoms with Crippen molar-refractivity contribution in [2.24, 2.45) is 5.10 Å². The van der Waals surface area contributed by atoms with Gasteiger partial charge in [0, 0.05) is 49.5 Å². The van der Waals surface area contributed by atoms with E-state index in [2.05, 4.69) is 21.2 Å². The van der Waals surface area contributed by atoms with Crippen molar-refractivity contribution < 1.29 is 19.1 Å². The Morgan fingerprint density at radius 3 is 2.57 bits per heavy atom. The minimum Gasteiger partial charge on any atom is -0.496 e. The molecule has 1 radical (unpaired) electrons. The maximum absolute atomic E-state index is 13.1. The standard InChI is InChI=1S/C33H36N5O4/c1-22-16-31(37-36-22)24-12-14-28(15-13-24)42-21-33(40)35-27(17-26-18-34-30-10-6-5-9-29(26)30)20-38(23(2)39)19-25-8-4-7-11-32(25)41-3/h4-15,18,27,31,37H,16-17,19-21H2,1-3H3,(H,35,40). The molecule has 2 aliphatic rings. The third-order valence-corrected chi connectivity index (χ3v) is 7.44. The van der Waals surface area contributed by atoms with Crippen LogP contribution in [0.1, 0.15) is 49.4 Å². The van der Waals surface area contributed by atoms with Gasteiger partial charge in [0.25, 0.3) is 5.91 Å². The Morgan fingerprint density at radius 2 is 1.83 bits per heavy atom. The van der Waals surface area contributed by atoms with E-state index in [0.29, 0.717) is 31.0 Å². The first-order valence-corrected chi connectivity index (χ1v) is 14.1. The molecule has 9 heteroatoms. The molecule has 217 valence electrons. The number of para-hydroxylation sites is 2. The molecular weight excluding hydrogens is 530 g/mol. The van der Waals surface area contributed by atoms with E-state index in [1.807, 2.05) is 85.9 Å². The monoisotopic (exact) mass is 566 g/mol. The van der Waals surface area contributed by atoms with Gasteiger partial charge in [-0.25, -0.2) is 0 Å². The number of carbonyl (C=O) groups excluding carboxylic acids is 2. The molecule has 2 unspecified atom stereocenters. The molecule has 9 nitrogen and oxygen atoms in total. The summed E-state index contributed by atoms with van der Waals surface area (Å²) in [6, 6.07) is 23.0. The van der Waals surface area contributed by atoms with Crippen LogP contribution < -0.4 is 25.5 Å². The zero-order chi connectivity index (χ0) is 29.5. The summed E-state index contributed by atoms with van der Waals surface area (Å²) in [4.78, 5) is 27.6. The Morgan fingerprint density at radius 1 is 1.07 bits per heavy atom. The van der Waals surface area contributed by atoms with Gasteiger partial charge in [-0.2, -0.15) is 5.10 Å². The molecule has 0 saturated heterocycles. The van der Waals surface area contributed by atoms with Crippen LogP contribution >= 0.6 is 0 Å². The molecule has 2 heterocycles. The van der Waals surface area contributed by atoms with Crippen molar-refractivity contribution in [1.29, 1.82) is 0 Å². The second kappa shape index (κ2) is 13.2. The molecule has 0 aliphatic carbocycles. The molecule has 2 aliphatic heterocycles. The van der Waals surface area contributed by atoms with Crippen molar-refractivity contribution in [3.8, 4) is 11.5 Å². The van der Waals surface area contributed by atoms with Gasteiger partial charge in [0.2, 0.25) is 5.91 Å². The molecule has 2 atom stereocenters. The molecule has 42 heavy (non-hydrogen) atoms. The summed E-state index contributed by atoms with van der Waals surface area (Å²) in [6.45, 7) is 4.06. The molecule has 2 amide bonds. The van der Waals surface area contributed by atoms with E-state index >= 15 is 0 Å². The van der Waals surface area contributed by atoms with E-state index in [1.54, 1.807) is 12.0 Å². The van der Waals surface area contributed by atoms with E-state index in [1.165, 1.54) is 6.92 Å². The van der Waals surface area contributed by atoms with Crippen LogP contribution in [-0.4, -0.2) is 48.7 Å². The lowest BCUT2D eigenvalue weighted by Gasteiger charge is -2.28.